The van der Waals surface area contributed by atoms with Crippen LogP contribution in [0.3, 0.4) is 0 Å². The average Bonchev–Trinajstić information content (AvgIpc) is 2.46. The number of nitrogens with one attached hydrogen (secondary N) is 2. The van der Waals surface area contributed by atoms with E-state index in [2.05, 4.69) is 15.3 Å². The van der Waals surface area contributed by atoms with Crippen LogP contribution in [0.4, 0.5) is 5.82 Å². The van der Waals surface area contributed by atoms with E-state index in [1.54, 1.807) is 18.3 Å². The number of aromatic nitrogens is 2. The van der Waals surface area contributed by atoms with Crippen molar-refractivity contribution in [3.8, 4) is 0 Å². The topological polar surface area (TPSA) is 78.1 Å². The molecule has 2 rings (SSSR count). The van der Waals surface area contributed by atoms with Crippen LogP contribution in [-0.2, 0) is 6.54 Å². The number of carbonyl (C=O) groups is 1. The number of rotatable bonds is 4. The van der Waals surface area contributed by atoms with Gasteiger partial charge in [0.1, 0.15) is 5.82 Å². The quantitative estimate of drug-likeness (QED) is 0.894. The fourth-order valence-electron chi connectivity index (χ4n) is 2.18. The second-order valence-electron chi connectivity index (χ2n) is 5.42. The summed E-state index contributed by atoms with van der Waals surface area (Å²) in [5.41, 5.74) is 2.59. The number of pyridine rings is 2. The highest BCUT2D eigenvalue weighted by Gasteiger charge is 2.10. The van der Waals surface area contributed by atoms with Crippen LogP contribution in [0.5, 0.6) is 0 Å². The Kier molecular flexibility index (Phi) is 4.60. The lowest BCUT2D eigenvalue weighted by atomic mass is 10.1. The van der Waals surface area contributed by atoms with Gasteiger partial charge in [0.25, 0.3) is 11.5 Å². The lowest BCUT2D eigenvalue weighted by Gasteiger charge is -2.12. The maximum Gasteiger partial charge on any atom is 0.253 e. The van der Waals surface area contributed by atoms with Crippen molar-refractivity contribution in [2.24, 2.45) is 0 Å². The smallest absolute Gasteiger partial charge is 0.253 e. The average molecular weight is 300 g/mol. The third-order valence-electron chi connectivity index (χ3n) is 3.39. The highest BCUT2D eigenvalue weighted by molar-refractivity contribution is 5.94. The molecule has 0 spiro atoms. The molecule has 0 aromatic carbocycles. The molecule has 2 N–H and O–H groups in total. The molecule has 22 heavy (non-hydrogen) atoms. The van der Waals surface area contributed by atoms with Gasteiger partial charge in [-0.15, -0.1) is 0 Å². The van der Waals surface area contributed by atoms with Crippen molar-refractivity contribution in [1.82, 2.24) is 15.3 Å². The molecule has 0 radical (unpaired) electrons. The first-order valence-electron chi connectivity index (χ1n) is 6.99. The van der Waals surface area contributed by atoms with Crippen LogP contribution in [0.25, 0.3) is 0 Å². The van der Waals surface area contributed by atoms with E-state index >= 15 is 0 Å². The Morgan fingerprint density at radius 3 is 2.68 bits per heavy atom. The number of H-pyrrole nitrogens is 1. The molecule has 2 aromatic heterocycles. The molecule has 1 amide bonds. The van der Waals surface area contributed by atoms with Gasteiger partial charge in [0.15, 0.2) is 0 Å². The Hall–Kier alpha value is -2.63. The number of nitrogens with zero attached hydrogens (tertiary/aromatic N) is 2. The summed E-state index contributed by atoms with van der Waals surface area (Å²) in [6.45, 7) is 3.89. The van der Waals surface area contributed by atoms with E-state index in [0.717, 1.165) is 11.3 Å². The summed E-state index contributed by atoms with van der Waals surface area (Å²) in [5.74, 6) is 0.474. The van der Waals surface area contributed by atoms with Crippen molar-refractivity contribution in [3.63, 3.8) is 0 Å². The van der Waals surface area contributed by atoms with Crippen molar-refractivity contribution in [3.05, 3.63) is 57.1 Å². The van der Waals surface area contributed by atoms with Crippen LogP contribution in [0.2, 0.25) is 0 Å². The van der Waals surface area contributed by atoms with Crippen molar-refractivity contribution in [2.75, 3.05) is 19.0 Å². The summed E-state index contributed by atoms with van der Waals surface area (Å²) in [7, 11) is 3.72. The molecule has 0 aliphatic heterocycles. The minimum absolute atomic E-state index is 0.165. The van der Waals surface area contributed by atoms with E-state index in [9.17, 15) is 9.59 Å². The Bertz CT molecular complexity index is 750. The van der Waals surface area contributed by atoms with Gasteiger partial charge in [-0.3, -0.25) is 9.59 Å². The fourth-order valence-corrected chi connectivity index (χ4v) is 2.18. The Morgan fingerprint density at radius 1 is 1.32 bits per heavy atom. The van der Waals surface area contributed by atoms with E-state index in [-0.39, 0.29) is 18.0 Å². The zero-order valence-corrected chi connectivity index (χ0v) is 13.2. The molecule has 0 atom stereocenters. The highest BCUT2D eigenvalue weighted by Crippen LogP contribution is 2.10. The second-order valence-corrected chi connectivity index (χ2v) is 5.42. The summed E-state index contributed by atoms with van der Waals surface area (Å²) in [6, 6.07) is 5.25. The first-order chi connectivity index (χ1) is 10.4. The van der Waals surface area contributed by atoms with Gasteiger partial charge in [-0.05, 0) is 37.6 Å². The number of aryl methyl sites for hydroxylation is 2. The van der Waals surface area contributed by atoms with Gasteiger partial charge in [0.2, 0.25) is 0 Å². The standard InChI is InChI=1S/C16H20N4O2/c1-10-7-11(2)19-16(22)13(10)9-18-15(21)12-5-6-17-14(8-12)20(3)4/h5-8H,9H2,1-4H3,(H,18,21)(H,19,22). The zero-order chi connectivity index (χ0) is 16.3. The van der Waals surface area contributed by atoms with Gasteiger partial charge >= 0.3 is 0 Å². The van der Waals surface area contributed by atoms with Crippen LogP contribution in [0, 0.1) is 13.8 Å². The first-order valence-corrected chi connectivity index (χ1v) is 6.99. The number of carbonyl (C=O) groups excluding carboxylic acids is 1. The summed E-state index contributed by atoms with van der Waals surface area (Å²) < 4.78 is 0. The number of amides is 1. The minimum Gasteiger partial charge on any atom is -0.363 e. The summed E-state index contributed by atoms with van der Waals surface area (Å²) in [6.07, 6.45) is 1.59. The molecule has 0 fully saturated rings. The minimum atomic E-state index is -0.232. The Morgan fingerprint density at radius 2 is 2.05 bits per heavy atom. The predicted octanol–water partition coefficient (Wildman–Crippen LogP) is 1.38. The van der Waals surface area contributed by atoms with Gasteiger partial charge in [-0.25, -0.2) is 4.98 Å². The number of hydrogen-bond acceptors (Lipinski definition) is 4. The molecular weight excluding hydrogens is 280 g/mol. The molecule has 116 valence electrons. The third kappa shape index (κ3) is 3.52. The van der Waals surface area contributed by atoms with E-state index in [0.29, 0.717) is 16.9 Å². The molecule has 0 bridgehead atoms. The summed E-state index contributed by atoms with van der Waals surface area (Å²) in [4.78, 5) is 32.9. The van der Waals surface area contributed by atoms with Crippen molar-refractivity contribution < 1.29 is 4.79 Å². The van der Waals surface area contributed by atoms with Crippen LogP contribution in [-0.4, -0.2) is 30.0 Å². The van der Waals surface area contributed by atoms with Crippen molar-refractivity contribution in [2.45, 2.75) is 20.4 Å². The Labute approximate surface area is 129 Å². The molecule has 2 aromatic rings. The highest BCUT2D eigenvalue weighted by atomic mass is 16.1. The predicted molar refractivity (Wildman–Crippen MR) is 86.3 cm³/mol. The van der Waals surface area contributed by atoms with Crippen LogP contribution in [0.1, 0.15) is 27.2 Å². The SMILES string of the molecule is Cc1cc(C)c(CNC(=O)c2ccnc(N(C)C)c2)c(=O)[nH]1. The van der Waals surface area contributed by atoms with Crippen molar-refractivity contribution in [1.29, 1.82) is 0 Å². The van der Waals surface area contributed by atoms with Crippen molar-refractivity contribution >= 4 is 11.7 Å². The van der Waals surface area contributed by atoms with E-state index in [1.807, 2.05) is 38.9 Å². The summed E-state index contributed by atoms with van der Waals surface area (Å²) in [5, 5.41) is 2.78. The number of hydrogen-bond donors (Lipinski definition) is 2. The van der Waals surface area contributed by atoms with Crippen LogP contribution >= 0.6 is 0 Å². The zero-order valence-electron chi connectivity index (χ0n) is 13.2. The molecule has 0 aliphatic carbocycles. The molecule has 6 heteroatoms. The maximum atomic E-state index is 12.2. The van der Waals surface area contributed by atoms with Gasteiger partial charge in [-0.2, -0.15) is 0 Å². The lowest BCUT2D eigenvalue weighted by molar-refractivity contribution is 0.0950. The first kappa shape index (κ1) is 15.8. The summed E-state index contributed by atoms with van der Waals surface area (Å²) >= 11 is 0. The number of anilines is 1. The molecule has 0 aliphatic rings. The van der Waals surface area contributed by atoms with Gasteiger partial charge in [0.05, 0.1) is 0 Å². The van der Waals surface area contributed by atoms with E-state index in [1.165, 1.54) is 0 Å². The lowest BCUT2D eigenvalue weighted by Crippen LogP contribution is -2.28. The van der Waals surface area contributed by atoms with Crippen LogP contribution in [0.15, 0.2) is 29.2 Å². The van der Waals surface area contributed by atoms with E-state index in [4.69, 9.17) is 0 Å². The van der Waals surface area contributed by atoms with Gasteiger partial charge in [-0.1, -0.05) is 0 Å². The Balaban J connectivity index is 2.14. The molecule has 0 saturated carbocycles. The maximum absolute atomic E-state index is 12.2. The monoisotopic (exact) mass is 300 g/mol. The molecular formula is C16H20N4O2. The molecule has 0 unspecified atom stereocenters. The normalized spacial score (nSPS) is 10.4. The van der Waals surface area contributed by atoms with Gasteiger partial charge < -0.3 is 15.2 Å². The fraction of sp³-hybridized carbons (Fsp3) is 0.312. The van der Waals surface area contributed by atoms with E-state index < -0.39 is 0 Å². The third-order valence-corrected chi connectivity index (χ3v) is 3.39. The molecule has 0 saturated heterocycles. The van der Waals surface area contributed by atoms with Crippen LogP contribution < -0.4 is 15.8 Å². The number of aromatic amines is 1. The molecule has 2 heterocycles. The largest absolute Gasteiger partial charge is 0.363 e. The molecule has 6 nitrogen and oxygen atoms in total. The van der Waals surface area contributed by atoms with Gasteiger partial charge in [0, 0.05) is 43.7 Å². The second kappa shape index (κ2) is 6.43.